The highest BCUT2D eigenvalue weighted by molar-refractivity contribution is 5.75. The third-order valence-electron chi connectivity index (χ3n) is 3.42. The van der Waals surface area contributed by atoms with Gasteiger partial charge in [0.25, 0.3) is 0 Å². The van der Waals surface area contributed by atoms with Crippen molar-refractivity contribution in [3.63, 3.8) is 0 Å². The molecule has 1 aromatic rings. The Balaban J connectivity index is 2.20. The van der Waals surface area contributed by atoms with Crippen LogP contribution in [0.1, 0.15) is 37.8 Å². The minimum Gasteiger partial charge on any atom is -0.460 e. The Hall–Kier alpha value is -1.42. The summed E-state index contributed by atoms with van der Waals surface area (Å²) in [4.78, 5) is 12.3. The zero-order valence-corrected chi connectivity index (χ0v) is 12.5. The Morgan fingerprint density at radius 2 is 2.00 bits per heavy atom. The molecule has 3 nitrogen and oxygen atoms in total. The molecule has 0 bridgehead atoms. The van der Waals surface area contributed by atoms with Gasteiger partial charge in [-0.25, -0.2) is 4.39 Å². The lowest BCUT2D eigenvalue weighted by Crippen LogP contribution is -2.31. The smallest absolute Gasteiger partial charge is 0.311 e. The minimum atomic E-state index is -0.498. The van der Waals surface area contributed by atoms with E-state index in [1.54, 1.807) is 0 Å². The molecule has 1 saturated heterocycles. The van der Waals surface area contributed by atoms with Crippen LogP contribution >= 0.6 is 0 Å². The van der Waals surface area contributed by atoms with E-state index < -0.39 is 5.60 Å². The summed E-state index contributed by atoms with van der Waals surface area (Å²) in [6.45, 7) is 8.68. The van der Waals surface area contributed by atoms with Crippen molar-refractivity contribution < 1.29 is 13.9 Å². The maximum Gasteiger partial charge on any atom is 0.311 e. The van der Waals surface area contributed by atoms with Crippen LogP contribution < -0.4 is 5.32 Å². The summed E-state index contributed by atoms with van der Waals surface area (Å²) >= 11 is 0. The van der Waals surface area contributed by atoms with Crippen LogP contribution in [0.2, 0.25) is 0 Å². The first-order valence-corrected chi connectivity index (χ1v) is 6.97. The summed E-state index contributed by atoms with van der Waals surface area (Å²) in [6, 6.07) is 4.95. The summed E-state index contributed by atoms with van der Waals surface area (Å²) in [6.07, 6.45) is 0. The number of benzene rings is 1. The van der Waals surface area contributed by atoms with Gasteiger partial charge in [0.1, 0.15) is 11.4 Å². The Morgan fingerprint density at radius 1 is 1.30 bits per heavy atom. The van der Waals surface area contributed by atoms with Crippen LogP contribution in [0.4, 0.5) is 4.39 Å². The zero-order valence-electron chi connectivity index (χ0n) is 12.5. The molecular formula is C16H22FNO2. The number of carbonyl (C=O) groups excluding carboxylic acids is 1. The molecule has 0 spiro atoms. The molecule has 110 valence electrons. The largest absolute Gasteiger partial charge is 0.460 e. The number of carbonyl (C=O) groups is 1. The maximum atomic E-state index is 13.5. The summed E-state index contributed by atoms with van der Waals surface area (Å²) in [7, 11) is 0. The van der Waals surface area contributed by atoms with Crippen LogP contribution in [0, 0.1) is 18.7 Å². The molecule has 4 heteroatoms. The number of esters is 1. The lowest BCUT2D eigenvalue weighted by molar-refractivity contribution is -0.159. The van der Waals surface area contributed by atoms with E-state index in [1.807, 2.05) is 33.8 Å². The quantitative estimate of drug-likeness (QED) is 0.846. The number of aryl methyl sites for hydroxylation is 1. The van der Waals surface area contributed by atoms with Gasteiger partial charge in [0.15, 0.2) is 0 Å². The van der Waals surface area contributed by atoms with E-state index in [4.69, 9.17) is 4.74 Å². The molecule has 0 unspecified atom stereocenters. The number of hydrogen-bond donors (Lipinski definition) is 1. The number of rotatable bonds is 2. The molecule has 1 heterocycles. The topological polar surface area (TPSA) is 38.3 Å². The number of nitrogens with one attached hydrogen (secondary N) is 1. The zero-order chi connectivity index (χ0) is 14.9. The van der Waals surface area contributed by atoms with Gasteiger partial charge >= 0.3 is 5.97 Å². The van der Waals surface area contributed by atoms with Gasteiger partial charge in [0.05, 0.1) is 5.92 Å². The Kier molecular flexibility index (Phi) is 4.14. The fourth-order valence-electron chi connectivity index (χ4n) is 2.63. The van der Waals surface area contributed by atoms with Crippen LogP contribution in [0.15, 0.2) is 18.2 Å². The fourth-order valence-corrected chi connectivity index (χ4v) is 2.63. The van der Waals surface area contributed by atoms with E-state index in [9.17, 15) is 9.18 Å². The summed E-state index contributed by atoms with van der Waals surface area (Å²) in [5.74, 6) is -0.751. The van der Waals surface area contributed by atoms with Crippen molar-refractivity contribution in [2.75, 3.05) is 13.1 Å². The van der Waals surface area contributed by atoms with Crippen molar-refractivity contribution in [1.82, 2.24) is 5.32 Å². The maximum absolute atomic E-state index is 13.5. The molecular weight excluding hydrogens is 257 g/mol. The predicted octanol–water partition coefficient (Wildman–Crippen LogP) is 2.78. The van der Waals surface area contributed by atoms with Gasteiger partial charge in [0, 0.05) is 19.0 Å². The standard InChI is InChI=1S/C16H22FNO2/c1-10-5-11(7-12(17)6-10)13-8-18-9-14(13)15(19)20-16(2,3)4/h5-7,13-14,18H,8-9H2,1-4H3/t13-,14+/m0/s1. The summed E-state index contributed by atoms with van der Waals surface area (Å²) in [5.41, 5.74) is 1.24. The van der Waals surface area contributed by atoms with Crippen LogP contribution in [0.3, 0.4) is 0 Å². The Morgan fingerprint density at radius 3 is 2.60 bits per heavy atom. The van der Waals surface area contributed by atoms with Gasteiger partial charge in [-0.1, -0.05) is 6.07 Å². The van der Waals surface area contributed by atoms with E-state index in [0.717, 1.165) is 11.1 Å². The van der Waals surface area contributed by atoms with Crippen LogP contribution in [-0.2, 0) is 9.53 Å². The molecule has 20 heavy (non-hydrogen) atoms. The highest BCUT2D eigenvalue weighted by Gasteiger charge is 2.37. The predicted molar refractivity (Wildman–Crippen MR) is 76.1 cm³/mol. The third kappa shape index (κ3) is 3.57. The van der Waals surface area contributed by atoms with Crippen molar-refractivity contribution >= 4 is 5.97 Å². The highest BCUT2D eigenvalue weighted by Crippen LogP contribution is 2.31. The van der Waals surface area contributed by atoms with Gasteiger partial charge in [-0.15, -0.1) is 0 Å². The number of ether oxygens (including phenoxy) is 1. The second-order valence-corrected chi connectivity index (χ2v) is 6.47. The molecule has 2 rings (SSSR count). The van der Waals surface area contributed by atoms with Crippen molar-refractivity contribution in [3.05, 3.63) is 35.1 Å². The molecule has 2 atom stereocenters. The van der Waals surface area contributed by atoms with Crippen LogP contribution in [0.25, 0.3) is 0 Å². The summed E-state index contributed by atoms with van der Waals surface area (Å²) in [5, 5.41) is 3.20. The summed E-state index contributed by atoms with van der Waals surface area (Å²) < 4.78 is 19.0. The van der Waals surface area contributed by atoms with Crippen molar-refractivity contribution in [2.45, 2.75) is 39.2 Å². The minimum absolute atomic E-state index is 0.0285. The highest BCUT2D eigenvalue weighted by atomic mass is 19.1. The average Bonchev–Trinajstić information content (AvgIpc) is 2.73. The molecule has 0 aliphatic carbocycles. The Labute approximate surface area is 119 Å². The molecule has 0 aromatic heterocycles. The normalized spacial score (nSPS) is 22.9. The first kappa shape index (κ1) is 15.0. The van der Waals surface area contributed by atoms with Gasteiger partial charge < -0.3 is 10.1 Å². The molecule has 1 fully saturated rings. The molecule has 1 aliphatic heterocycles. The second kappa shape index (κ2) is 5.52. The molecule has 0 amide bonds. The number of halogens is 1. The van der Waals surface area contributed by atoms with Gasteiger partial charge in [-0.3, -0.25) is 4.79 Å². The molecule has 0 radical (unpaired) electrons. The van der Waals surface area contributed by atoms with Crippen LogP contribution in [-0.4, -0.2) is 24.7 Å². The van der Waals surface area contributed by atoms with E-state index >= 15 is 0 Å². The average molecular weight is 279 g/mol. The monoisotopic (exact) mass is 279 g/mol. The van der Waals surface area contributed by atoms with E-state index in [2.05, 4.69) is 5.32 Å². The van der Waals surface area contributed by atoms with Gasteiger partial charge in [-0.2, -0.15) is 0 Å². The van der Waals surface area contributed by atoms with Gasteiger partial charge in [0.2, 0.25) is 0 Å². The SMILES string of the molecule is Cc1cc(F)cc([C@@H]2CNC[C@H]2C(=O)OC(C)(C)C)c1. The second-order valence-electron chi connectivity index (χ2n) is 6.47. The van der Waals surface area contributed by atoms with E-state index in [1.165, 1.54) is 12.1 Å². The van der Waals surface area contributed by atoms with Crippen molar-refractivity contribution in [3.8, 4) is 0 Å². The lowest BCUT2D eigenvalue weighted by atomic mass is 9.88. The van der Waals surface area contributed by atoms with Crippen molar-refractivity contribution in [1.29, 1.82) is 0 Å². The fraction of sp³-hybridized carbons (Fsp3) is 0.562. The van der Waals surface area contributed by atoms with E-state index in [0.29, 0.717) is 13.1 Å². The first-order chi connectivity index (χ1) is 9.26. The molecule has 0 saturated carbocycles. The number of hydrogen-bond acceptors (Lipinski definition) is 3. The van der Waals surface area contributed by atoms with Crippen LogP contribution in [0.5, 0.6) is 0 Å². The lowest BCUT2D eigenvalue weighted by Gasteiger charge is -2.24. The van der Waals surface area contributed by atoms with Crippen molar-refractivity contribution in [2.24, 2.45) is 5.92 Å². The molecule has 1 aromatic carbocycles. The first-order valence-electron chi connectivity index (χ1n) is 6.97. The third-order valence-corrected chi connectivity index (χ3v) is 3.42. The van der Waals surface area contributed by atoms with E-state index in [-0.39, 0.29) is 23.6 Å². The molecule has 1 aliphatic rings. The van der Waals surface area contributed by atoms with Gasteiger partial charge in [-0.05, 0) is 51.0 Å². The molecule has 1 N–H and O–H groups in total. The Bertz CT molecular complexity index is 487.